The van der Waals surface area contributed by atoms with E-state index in [9.17, 15) is 9.59 Å². The fourth-order valence-electron chi connectivity index (χ4n) is 1.55. The van der Waals surface area contributed by atoms with Gasteiger partial charge in [0, 0.05) is 24.6 Å². The number of carbonyl (C=O) groups is 2. The van der Waals surface area contributed by atoms with Crippen molar-refractivity contribution in [3.05, 3.63) is 0 Å². The number of carboxylic acid groups (broad SMARTS) is 1. The first-order valence-corrected chi connectivity index (χ1v) is 6.66. The van der Waals surface area contributed by atoms with Gasteiger partial charge in [-0.2, -0.15) is 11.8 Å². The molecule has 0 aliphatic carbocycles. The molecule has 92 valence electrons. The van der Waals surface area contributed by atoms with Gasteiger partial charge in [-0.25, -0.2) is 9.59 Å². The molecule has 0 aromatic heterocycles. The molecule has 1 aliphatic heterocycles. The van der Waals surface area contributed by atoms with Gasteiger partial charge in [0.2, 0.25) is 0 Å². The monoisotopic (exact) mass is 246 g/mol. The molecule has 0 unspecified atom stereocenters. The lowest BCUT2D eigenvalue weighted by Crippen LogP contribution is -2.50. The van der Waals surface area contributed by atoms with E-state index in [4.69, 9.17) is 5.11 Å². The summed E-state index contributed by atoms with van der Waals surface area (Å²) in [6.45, 7) is 3.31. The molecule has 2 N–H and O–H groups in total. The van der Waals surface area contributed by atoms with E-state index in [1.165, 1.54) is 0 Å². The van der Waals surface area contributed by atoms with Crippen molar-refractivity contribution in [3.8, 4) is 0 Å². The minimum Gasteiger partial charge on any atom is -0.480 e. The number of hydrogen-bond acceptors (Lipinski definition) is 3. The van der Waals surface area contributed by atoms with Gasteiger partial charge in [0.1, 0.15) is 6.04 Å². The van der Waals surface area contributed by atoms with Crippen molar-refractivity contribution in [3.63, 3.8) is 0 Å². The lowest BCUT2D eigenvalue weighted by Gasteiger charge is -2.28. The van der Waals surface area contributed by atoms with Crippen LogP contribution in [0.2, 0.25) is 0 Å². The van der Waals surface area contributed by atoms with Crippen molar-refractivity contribution in [1.82, 2.24) is 10.2 Å². The Balaban J connectivity index is 2.43. The van der Waals surface area contributed by atoms with Crippen molar-refractivity contribution in [1.29, 1.82) is 0 Å². The molecule has 1 heterocycles. The predicted molar refractivity (Wildman–Crippen MR) is 63.8 cm³/mol. The second kappa shape index (κ2) is 6.62. The standard InChI is InChI=1S/C10H18N2O3S/c1-2-3-8(9(13)14)11-10(15)12-4-6-16-7-5-12/h8H,2-7H2,1H3,(H,11,15)(H,13,14)/t8-/m0/s1. The fraction of sp³-hybridized carbons (Fsp3) is 0.800. The molecule has 1 saturated heterocycles. The maximum absolute atomic E-state index is 11.7. The minimum absolute atomic E-state index is 0.249. The Labute approximate surface area is 99.6 Å². The van der Waals surface area contributed by atoms with Crippen LogP contribution in [0.4, 0.5) is 4.79 Å². The zero-order chi connectivity index (χ0) is 12.0. The van der Waals surface area contributed by atoms with Crippen LogP contribution in [0, 0.1) is 0 Å². The van der Waals surface area contributed by atoms with Crippen LogP contribution in [-0.4, -0.2) is 52.6 Å². The Kier molecular flexibility index (Phi) is 5.45. The molecule has 0 bridgehead atoms. The normalized spacial score (nSPS) is 17.9. The van der Waals surface area contributed by atoms with Crippen LogP contribution >= 0.6 is 11.8 Å². The number of aliphatic carboxylic acids is 1. The molecule has 6 heteroatoms. The Morgan fingerprint density at radius 3 is 2.56 bits per heavy atom. The summed E-state index contributed by atoms with van der Waals surface area (Å²) < 4.78 is 0. The zero-order valence-electron chi connectivity index (χ0n) is 9.44. The van der Waals surface area contributed by atoms with Crippen molar-refractivity contribution < 1.29 is 14.7 Å². The van der Waals surface area contributed by atoms with Crippen LogP contribution in [-0.2, 0) is 4.79 Å². The number of thioether (sulfide) groups is 1. The summed E-state index contributed by atoms with van der Waals surface area (Å²) in [5.41, 5.74) is 0. The van der Waals surface area contributed by atoms with E-state index in [1.54, 1.807) is 4.90 Å². The molecule has 0 spiro atoms. The molecular formula is C10H18N2O3S. The van der Waals surface area contributed by atoms with Crippen LogP contribution in [0.25, 0.3) is 0 Å². The quantitative estimate of drug-likeness (QED) is 0.776. The third-order valence-corrected chi connectivity index (χ3v) is 3.41. The van der Waals surface area contributed by atoms with E-state index in [0.717, 1.165) is 17.9 Å². The van der Waals surface area contributed by atoms with Gasteiger partial charge < -0.3 is 15.3 Å². The number of carbonyl (C=O) groups excluding carboxylic acids is 1. The third kappa shape index (κ3) is 3.92. The van der Waals surface area contributed by atoms with Gasteiger partial charge in [-0.15, -0.1) is 0 Å². The molecule has 0 radical (unpaired) electrons. The summed E-state index contributed by atoms with van der Waals surface area (Å²) in [7, 11) is 0. The number of carboxylic acids is 1. The third-order valence-electron chi connectivity index (χ3n) is 2.47. The first kappa shape index (κ1) is 13.2. The number of hydrogen-bond donors (Lipinski definition) is 2. The van der Waals surface area contributed by atoms with Crippen LogP contribution in [0.5, 0.6) is 0 Å². The van der Waals surface area contributed by atoms with Gasteiger partial charge in [0.25, 0.3) is 0 Å². The molecule has 2 amide bonds. The van der Waals surface area contributed by atoms with E-state index in [1.807, 2.05) is 18.7 Å². The van der Waals surface area contributed by atoms with Gasteiger partial charge >= 0.3 is 12.0 Å². The predicted octanol–water partition coefficient (Wildman–Crippen LogP) is 0.998. The highest BCUT2D eigenvalue weighted by Crippen LogP contribution is 2.09. The first-order valence-electron chi connectivity index (χ1n) is 5.51. The van der Waals surface area contributed by atoms with Crippen molar-refractivity contribution in [2.24, 2.45) is 0 Å². The fourth-order valence-corrected chi connectivity index (χ4v) is 2.46. The summed E-state index contributed by atoms with van der Waals surface area (Å²) in [4.78, 5) is 24.3. The topological polar surface area (TPSA) is 69.6 Å². The summed E-state index contributed by atoms with van der Waals surface area (Å²) >= 11 is 1.81. The van der Waals surface area contributed by atoms with Gasteiger partial charge in [-0.1, -0.05) is 13.3 Å². The van der Waals surface area contributed by atoms with Crippen LogP contribution in [0.1, 0.15) is 19.8 Å². The van der Waals surface area contributed by atoms with Crippen LogP contribution < -0.4 is 5.32 Å². The average Bonchev–Trinajstić information content (AvgIpc) is 2.29. The molecule has 1 fully saturated rings. The number of amides is 2. The summed E-state index contributed by atoms with van der Waals surface area (Å²) in [5, 5.41) is 11.5. The SMILES string of the molecule is CCC[C@H](NC(=O)N1CCSCC1)C(=O)O. The van der Waals surface area contributed by atoms with Gasteiger partial charge in [0.15, 0.2) is 0 Å². The Morgan fingerprint density at radius 1 is 1.44 bits per heavy atom. The Hall–Kier alpha value is -0.910. The number of nitrogens with zero attached hydrogens (tertiary/aromatic N) is 1. The molecular weight excluding hydrogens is 228 g/mol. The molecule has 5 nitrogen and oxygen atoms in total. The summed E-state index contributed by atoms with van der Waals surface area (Å²) in [5.74, 6) is 0.902. The van der Waals surface area contributed by atoms with E-state index in [0.29, 0.717) is 19.5 Å². The van der Waals surface area contributed by atoms with Crippen LogP contribution in [0.15, 0.2) is 0 Å². The molecule has 0 saturated carbocycles. The van der Waals surface area contributed by atoms with Crippen molar-refractivity contribution in [2.45, 2.75) is 25.8 Å². The first-order chi connectivity index (χ1) is 7.65. The minimum atomic E-state index is -0.957. The highest BCUT2D eigenvalue weighted by Gasteiger charge is 2.23. The largest absolute Gasteiger partial charge is 0.480 e. The average molecular weight is 246 g/mol. The lowest BCUT2D eigenvalue weighted by molar-refractivity contribution is -0.139. The second-order valence-electron chi connectivity index (χ2n) is 3.73. The molecule has 0 aromatic carbocycles. The molecule has 1 atom stereocenters. The zero-order valence-corrected chi connectivity index (χ0v) is 10.3. The molecule has 0 aromatic rings. The number of urea groups is 1. The Bertz CT molecular complexity index is 254. The second-order valence-corrected chi connectivity index (χ2v) is 4.95. The summed E-state index contributed by atoms with van der Waals surface area (Å²) in [6.07, 6.45) is 1.22. The number of nitrogens with one attached hydrogen (secondary N) is 1. The van der Waals surface area contributed by atoms with Crippen molar-refractivity contribution >= 4 is 23.8 Å². The highest BCUT2D eigenvalue weighted by molar-refractivity contribution is 7.99. The highest BCUT2D eigenvalue weighted by atomic mass is 32.2. The smallest absolute Gasteiger partial charge is 0.326 e. The number of rotatable bonds is 4. The molecule has 1 aliphatic rings. The van der Waals surface area contributed by atoms with E-state index in [2.05, 4.69) is 5.32 Å². The maximum atomic E-state index is 11.7. The van der Waals surface area contributed by atoms with Gasteiger partial charge in [-0.05, 0) is 6.42 Å². The molecule has 16 heavy (non-hydrogen) atoms. The van der Waals surface area contributed by atoms with Gasteiger partial charge in [-0.3, -0.25) is 0 Å². The summed E-state index contributed by atoms with van der Waals surface area (Å²) in [6, 6.07) is -1.01. The van der Waals surface area contributed by atoms with E-state index >= 15 is 0 Å². The van der Waals surface area contributed by atoms with Crippen molar-refractivity contribution in [2.75, 3.05) is 24.6 Å². The van der Waals surface area contributed by atoms with Crippen LogP contribution in [0.3, 0.4) is 0 Å². The lowest BCUT2D eigenvalue weighted by atomic mass is 10.2. The van der Waals surface area contributed by atoms with Gasteiger partial charge in [0.05, 0.1) is 0 Å². The maximum Gasteiger partial charge on any atom is 0.326 e. The van der Waals surface area contributed by atoms with E-state index in [-0.39, 0.29) is 6.03 Å². The molecule has 1 rings (SSSR count). The van der Waals surface area contributed by atoms with E-state index < -0.39 is 12.0 Å². The Morgan fingerprint density at radius 2 is 2.06 bits per heavy atom.